The van der Waals surface area contributed by atoms with Crippen molar-refractivity contribution >= 4 is 56.7 Å². The predicted molar refractivity (Wildman–Crippen MR) is 119 cm³/mol. The minimum absolute atomic E-state index is 0.125. The number of methoxy groups -OCH3 is 2. The minimum Gasteiger partial charge on any atom is -0.497 e. The summed E-state index contributed by atoms with van der Waals surface area (Å²) in [5.74, 6) is 1.41. The summed E-state index contributed by atoms with van der Waals surface area (Å²) in [4.78, 5) is 15.2. The van der Waals surface area contributed by atoms with Gasteiger partial charge in [-0.05, 0) is 47.4 Å². The van der Waals surface area contributed by atoms with Gasteiger partial charge in [0.1, 0.15) is 11.5 Å². The van der Waals surface area contributed by atoms with Gasteiger partial charge in [0.25, 0.3) is 5.91 Å². The van der Waals surface area contributed by atoms with E-state index in [1.54, 1.807) is 19.1 Å². The molecule has 3 aromatic carbocycles. The van der Waals surface area contributed by atoms with Crippen LogP contribution in [0.3, 0.4) is 0 Å². The lowest BCUT2D eigenvalue weighted by Gasteiger charge is -2.14. The Kier molecular flexibility index (Phi) is 5.07. The van der Waals surface area contributed by atoms with E-state index >= 15 is 0 Å². The molecule has 0 spiro atoms. The van der Waals surface area contributed by atoms with Crippen molar-refractivity contribution in [2.24, 2.45) is 0 Å². The SMILES string of the molecule is COc1ccc(N2C(=O)C(=Cc3ccc(OC)c4ccccc34)SC2=S)cc1. The van der Waals surface area contributed by atoms with Gasteiger partial charge in [0.15, 0.2) is 4.32 Å². The number of fused-ring (bicyclic) bond motifs is 1. The molecule has 1 aliphatic heterocycles. The van der Waals surface area contributed by atoms with Crippen molar-refractivity contribution in [3.8, 4) is 11.5 Å². The molecule has 0 saturated carbocycles. The molecule has 0 unspecified atom stereocenters. The molecule has 1 aliphatic rings. The summed E-state index contributed by atoms with van der Waals surface area (Å²) in [5.41, 5.74) is 1.68. The Bertz CT molecular complexity index is 1110. The average molecular weight is 408 g/mol. The Labute approximate surface area is 172 Å². The van der Waals surface area contributed by atoms with Crippen LogP contribution in [0, 0.1) is 0 Å². The zero-order chi connectivity index (χ0) is 19.7. The number of hydrogen-bond acceptors (Lipinski definition) is 5. The average Bonchev–Trinajstić information content (AvgIpc) is 3.01. The van der Waals surface area contributed by atoms with Crippen LogP contribution >= 0.6 is 24.0 Å². The fraction of sp³-hybridized carbons (Fsp3) is 0.0909. The lowest BCUT2D eigenvalue weighted by atomic mass is 10.0. The van der Waals surface area contributed by atoms with Crippen LogP contribution in [0.5, 0.6) is 11.5 Å². The second kappa shape index (κ2) is 7.66. The number of ether oxygens (including phenoxy) is 2. The molecule has 1 amide bonds. The van der Waals surface area contributed by atoms with Gasteiger partial charge >= 0.3 is 0 Å². The number of hydrogen-bond donors (Lipinski definition) is 0. The van der Waals surface area contributed by atoms with Gasteiger partial charge in [-0.2, -0.15) is 0 Å². The fourth-order valence-corrected chi connectivity index (χ4v) is 4.45. The monoisotopic (exact) mass is 407 g/mol. The van der Waals surface area contributed by atoms with Crippen molar-refractivity contribution in [2.45, 2.75) is 0 Å². The van der Waals surface area contributed by atoms with Crippen LogP contribution in [0.1, 0.15) is 5.56 Å². The topological polar surface area (TPSA) is 38.8 Å². The molecule has 6 heteroatoms. The van der Waals surface area contributed by atoms with E-state index in [1.165, 1.54) is 11.8 Å². The molecule has 4 rings (SSSR count). The highest BCUT2D eigenvalue weighted by atomic mass is 32.2. The van der Waals surface area contributed by atoms with E-state index in [4.69, 9.17) is 21.7 Å². The number of thiocarbonyl (C=S) groups is 1. The predicted octanol–water partition coefficient (Wildman–Crippen LogP) is 5.26. The zero-order valence-corrected chi connectivity index (χ0v) is 17.0. The fourth-order valence-electron chi connectivity index (χ4n) is 3.16. The molecule has 1 saturated heterocycles. The molecule has 0 aromatic heterocycles. The van der Waals surface area contributed by atoms with Gasteiger partial charge in [-0.1, -0.05) is 54.3 Å². The summed E-state index contributed by atoms with van der Waals surface area (Å²) in [5, 5.41) is 2.03. The van der Waals surface area contributed by atoms with Crippen molar-refractivity contribution < 1.29 is 14.3 Å². The van der Waals surface area contributed by atoms with Crippen LogP contribution in [-0.2, 0) is 4.79 Å². The van der Waals surface area contributed by atoms with E-state index in [0.717, 1.165) is 33.5 Å². The Morgan fingerprint density at radius 3 is 2.32 bits per heavy atom. The summed E-state index contributed by atoms with van der Waals surface area (Å²) in [7, 11) is 3.26. The molecule has 0 bridgehead atoms. The van der Waals surface area contributed by atoms with E-state index in [0.29, 0.717) is 9.23 Å². The van der Waals surface area contributed by atoms with E-state index < -0.39 is 0 Å². The summed E-state index contributed by atoms with van der Waals surface area (Å²) in [6, 6.07) is 19.1. The molecule has 3 aromatic rings. The standard InChI is InChI=1S/C22H17NO3S2/c1-25-16-10-8-15(9-11-16)23-21(24)20(28-22(23)27)13-14-7-12-19(26-2)18-6-4-3-5-17(14)18/h3-13H,1-2H3. The van der Waals surface area contributed by atoms with Crippen LogP contribution < -0.4 is 14.4 Å². The van der Waals surface area contributed by atoms with Gasteiger partial charge < -0.3 is 9.47 Å². The van der Waals surface area contributed by atoms with Gasteiger partial charge in [0.05, 0.1) is 24.8 Å². The van der Waals surface area contributed by atoms with E-state index in [1.807, 2.05) is 66.7 Å². The second-order valence-electron chi connectivity index (χ2n) is 6.12. The smallest absolute Gasteiger partial charge is 0.270 e. The molecule has 1 fully saturated rings. The molecule has 1 heterocycles. The number of thioether (sulfide) groups is 1. The molecule has 4 nitrogen and oxygen atoms in total. The molecule has 0 aliphatic carbocycles. The van der Waals surface area contributed by atoms with Gasteiger partial charge in [-0.3, -0.25) is 9.69 Å². The molecular weight excluding hydrogens is 390 g/mol. The van der Waals surface area contributed by atoms with E-state index in [9.17, 15) is 4.79 Å². The number of amides is 1. The van der Waals surface area contributed by atoms with Gasteiger partial charge in [0, 0.05) is 5.39 Å². The highest BCUT2D eigenvalue weighted by Gasteiger charge is 2.33. The van der Waals surface area contributed by atoms with E-state index in [-0.39, 0.29) is 5.91 Å². The minimum atomic E-state index is -0.125. The van der Waals surface area contributed by atoms with Gasteiger partial charge in [-0.15, -0.1) is 0 Å². The van der Waals surface area contributed by atoms with Crippen molar-refractivity contribution in [1.82, 2.24) is 0 Å². The number of carbonyl (C=O) groups excluding carboxylic acids is 1. The van der Waals surface area contributed by atoms with Gasteiger partial charge in [-0.25, -0.2) is 0 Å². The quantitative estimate of drug-likeness (QED) is 0.436. The lowest BCUT2D eigenvalue weighted by Crippen LogP contribution is -2.27. The first kappa shape index (κ1) is 18.5. The van der Waals surface area contributed by atoms with Crippen LogP contribution in [-0.4, -0.2) is 24.4 Å². The van der Waals surface area contributed by atoms with Crippen LogP contribution in [0.25, 0.3) is 16.8 Å². The molecular formula is C22H17NO3S2. The third kappa shape index (κ3) is 3.25. The van der Waals surface area contributed by atoms with Gasteiger partial charge in [0.2, 0.25) is 0 Å². The third-order valence-electron chi connectivity index (χ3n) is 4.55. The van der Waals surface area contributed by atoms with Crippen molar-refractivity contribution in [3.05, 3.63) is 71.1 Å². The maximum Gasteiger partial charge on any atom is 0.270 e. The first-order chi connectivity index (χ1) is 13.6. The largest absolute Gasteiger partial charge is 0.497 e. The number of carbonyl (C=O) groups is 1. The Balaban J connectivity index is 1.72. The summed E-state index contributed by atoms with van der Waals surface area (Å²) in [6.07, 6.45) is 1.89. The summed E-state index contributed by atoms with van der Waals surface area (Å²) >= 11 is 6.77. The Morgan fingerprint density at radius 1 is 0.929 bits per heavy atom. The molecule has 28 heavy (non-hydrogen) atoms. The zero-order valence-electron chi connectivity index (χ0n) is 15.3. The van der Waals surface area contributed by atoms with Crippen molar-refractivity contribution in [2.75, 3.05) is 19.1 Å². The number of anilines is 1. The summed E-state index contributed by atoms with van der Waals surface area (Å²) in [6.45, 7) is 0. The maximum absolute atomic E-state index is 13.0. The molecule has 0 atom stereocenters. The molecule has 0 N–H and O–H groups in total. The van der Waals surface area contributed by atoms with Crippen molar-refractivity contribution in [3.63, 3.8) is 0 Å². The summed E-state index contributed by atoms with van der Waals surface area (Å²) < 4.78 is 11.1. The van der Waals surface area contributed by atoms with Crippen molar-refractivity contribution in [1.29, 1.82) is 0 Å². The Hall–Kier alpha value is -2.83. The first-order valence-corrected chi connectivity index (χ1v) is 9.82. The molecule has 140 valence electrons. The maximum atomic E-state index is 13.0. The Morgan fingerprint density at radius 2 is 1.64 bits per heavy atom. The van der Waals surface area contributed by atoms with E-state index in [2.05, 4.69) is 0 Å². The third-order valence-corrected chi connectivity index (χ3v) is 5.85. The van der Waals surface area contributed by atoms with Crippen LogP contribution in [0.15, 0.2) is 65.6 Å². The first-order valence-electron chi connectivity index (χ1n) is 8.60. The number of benzene rings is 3. The lowest BCUT2D eigenvalue weighted by molar-refractivity contribution is -0.113. The normalized spacial score (nSPS) is 15.5. The highest BCUT2D eigenvalue weighted by Crippen LogP contribution is 2.38. The molecule has 0 radical (unpaired) electrons. The van der Waals surface area contributed by atoms with Crippen LogP contribution in [0.4, 0.5) is 5.69 Å². The second-order valence-corrected chi connectivity index (χ2v) is 7.79. The van der Waals surface area contributed by atoms with Crippen LogP contribution in [0.2, 0.25) is 0 Å². The highest BCUT2D eigenvalue weighted by molar-refractivity contribution is 8.27. The number of nitrogens with zero attached hydrogens (tertiary/aromatic N) is 1. The number of rotatable bonds is 4.